The van der Waals surface area contributed by atoms with E-state index in [9.17, 15) is 27.6 Å². The Morgan fingerprint density at radius 3 is 2.19 bits per heavy atom. The molecular formula is C30H37F3N4O5. The highest BCUT2D eigenvalue weighted by atomic mass is 19.4. The number of ether oxygens (including phenoxy) is 2. The Labute approximate surface area is 242 Å². The molecule has 0 saturated carbocycles. The number of alkyl halides is 3. The van der Waals surface area contributed by atoms with Gasteiger partial charge in [-0.1, -0.05) is 20.8 Å². The molecular weight excluding hydrogens is 553 g/mol. The molecule has 2 N–H and O–H groups in total. The lowest BCUT2D eigenvalue weighted by Gasteiger charge is -2.25. The maximum absolute atomic E-state index is 13.7. The normalized spacial score (nSPS) is 11.9. The van der Waals surface area contributed by atoms with E-state index in [0.29, 0.717) is 28.1 Å². The van der Waals surface area contributed by atoms with Gasteiger partial charge in [0.1, 0.15) is 5.82 Å². The first kappa shape index (κ1) is 32.3. The number of carbonyl (C=O) groups is 3. The van der Waals surface area contributed by atoms with Crippen LogP contribution in [0.1, 0.15) is 60.9 Å². The fourth-order valence-corrected chi connectivity index (χ4v) is 4.55. The van der Waals surface area contributed by atoms with E-state index in [0.717, 1.165) is 0 Å². The third-order valence-electron chi connectivity index (χ3n) is 6.51. The zero-order valence-electron chi connectivity index (χ0n) is 25.2. The Morgan fingerprint density at radius 2 is 1.69 bits per heavy atom. The van der Waals surface area contributed by atoms with E-state index in [1.54, 1.807) is 37.2 Å². The second-order valence-corrected chi connectivity index (χ2v) is 11.4. The van der Waals surface area contributed by atoms with Gasteiger partial charge in [-0.15, -0.1) is 0 Å². The first-order valence-electron chi connectivity index (χ1n) is 13.3. The maximum atomic E-state index is 13.7. The molecule has 228 valence electrons. The number of Topliss-reactive ketones (excluding diaryl/α,β-unsaturated/α-hetero) is 1. The monoisotopic (exact) mass is 590 g/mol. The molecule has 0 aliphatic rings. The highest BCUT2D eigenvalue weighted by Gasteiger charge is 2.39. The Bertz CT molecular complexity index is 1520. The molecule has 0 aliphatic heterocycles. The third kappa shape index (κ3) is 6.80. The van der Waals surface area contributed by atoms with Gasteiger partial charge in [0.15, 0.2) is 17.3 Å². The zero-order valence-corrected chi connectivity index (χ0v) is 25.2. The lowest BCUT2D eigenvalue weighted by atomic mass is 9.84. The summed E-state index contributed by atoms with van der Waals surface area (Å²) in [5, 5.41) is 5.01. The molecule has 42 heavy (non-hydrogen) atoms. The van der Waals surface area contributed by atoms with Gasteiger partial charge in [-0.2, -0.15) is 13.2 Å². The van der Waals surface area contributed by atoms with Crippen molar-refractivity contribution < 1.29 is 37.0 Å². The fraction of sp³-hybridized carbons (Fsp3) is 0.433. The molecule has 3 aromatic rings. The van der Waals surface area contributed by atoms with Crippen LogP contribution >= 0.6 is 0 Å². The molecule has 1 heterocycles. The van der Waals surface area contributed by atoms with Gasteiger partial charge in [0.2, 0.25) is 0 Å². The van der Waals surface area contributed by atoms with Gasteiger partial charge in [0, 0.05) is 54.9 Å². The summed E-state index contributed by atoms with van der Waals surface area (Å²) in [6, 6.07) is 6.24. The number of ketones is 1. The molecule has 1 aromatic heterocycles. The lowest BCUT2D eigenvalue weighted by Crippen LogP contribution is -2.31. The summed E-state index contributed by atoms with van der Waals surface area (Å²) in [5.74, 6) is -2.55. The molecule has 2 aromatic carbocycles. The van der Waals surface area contributed by atoms with Gasteiger partial charge >= 0.3 is 12.1 Å². The molecule has 9 nitrogen and oxygen atoms in total. The predicted molar refractivity (Wildman–Crippen MR) is 156 cm³/mol. The van der Waals surface area contributed by atoms with Crippen molar-refractivity contribution >= 4 is 39.9 Å². The Morgan fingerprint density at radius 1 is 1.05 bits per heavy atom. The number of fused-ring (bicyclic) bond motifs is 1. The summed E-state index contributed by atoms with van der Waals surface area (Å²) in [7, 11) is 6.37. The standard InChI is InChI=1S/C30H37F3N4O5/c1-16(2)42-24-12-17(10-21(25(24)41-9)29(3,4)5)23(38)15-37-14-18-11-22(36(7)8)20(27(39)34-6)13-19(18)26(37)35-28(40)30(31,32)33/h10-14,16H,15H2,1-9H3,(H,34,39)(H,35,40). The topological polar surface area (TPSA) is 102 Å². The molecule has 0 spiro atoms. The molecule has 0 radical (unpaired) electrons. The maximum Gasteiger partial charge on any atom is 0.471 e. The van der Waals surface area contributed by atoms with E-state index in [1.807, 2.05) is 39.9 Å². The summed E-state index contributed by atoms with van der Waals surface area (Å²) in [6.45, 7) is 9.11. The lowest BCUT2D eigenvalue weighted by molar-refractivity contribution is -0.167. The van der Waals surface area contributed by atoms with Crippen molar-refractivity contribution in [2.45, 2.75) is 58.9 Å². The van der Waals surface area contributed by atoms with Gasteiger partial charge in [-0.25, -0.2) is 0 Å². The van der Waals surface area contributed by atoms with Crippen LogP contribution < -0.4 is 25.0 Å². The number of benzene rings is 2. The van der Waals surface area contributed by atoms with E-state index >= 15 is 0 Å². The van der Waals surface area contributed by atoms with E-state index in [2.05, 4.69) is 5.32 Å². The van der Waals surface area contributed by atoms with Crippen LogP contribution in [-0.4, -0.2) is 62.7 Å². The summed E-state index contributed by atoms with van der Waals surface area (Å²) < 4.78 is 52.8. The SMILES string of the molecule is CNC(=O)c1cc2c(NC(=O)C(F)(F)F)n(CC(=O)c3cc(OC(C)C)c(OC)c(C(C)(C)C)c3)cc2cc1N(C)C. The van der Waals surface area contributed by atoms with Crippen molar-refractivity contribution in [3.8, 4) is 11.5 Å². The molecule has 0 aliphatic carbocycles. The highest BCUT2D eigenvalue weighted by Crippen LogP contribution is 2.41. The van der Waals surface area contributed by atoms with Crippen LogP contribution in [0, 0.1) is 0 Å². The first-order chi connectivity index (χ1) is 19.4. The molecule has 0 bridgehead atoms. The highest BCUT2D eigenvalue weighted by molar-refractivity contribution is 6.10. The van der Waals surface area contributed by atoms with Gasteiger partial charge in [-0.3, -0.25) is 14.4 Å². The molecule has 0 unspecified atom stereocenters. The molecule has 2 amide bonds. The fourth-order valence-electron chi connectivity index (χ4n) is 4.55. The minimum absolute atomic E-state index is 0.165. The number of nitrogens with zero attached hydrogens (tertiary/aromatic N) is 2. The Balaban J connectivity index is 2.23. The molecule has 0 fully saturated rings. The average Bonchev–Trinajstić information content (AvgIpc) is 3.20. The number of amides is 2. The Hall–Kier alpha value is -4.22. The summed E-state index contributed by atoms with van der Waals surface area (Å²) in [5.41, 5.74) is 1.20. The number of carbonyl (C=O) groups excluding carboxylic acids is 3. The number of hydrogen-bond acceptors (Lipinski definition) is 6. The van der Waals surface area contributed by atoms with Crippen LogP contribution in [0.15, 0.2) is 30.5 Å². The average molecular weight is 591 g/mol. The second-order valence-electron chi connectivity index (χ2n) is 11.4. The minimum Gasteiger partial charge on any atom is -0.493 e. The number of aromatic nitrogens is 1. The smallest absolute Gasteiger partial charge is 0.471 e. The van der Waals surface area contributed by atoms with Crippen molar-refractivity contribution in [1.29, 1.82) is 0 Å². The minimum atomic E-state index is -5.18. The van der Waals surface area contributed by atoms with Crippen molar-refractivity contribution in [3.63, 3.8) is 0 Å². The first-order valence-corrected chi connectivity index (χ1v) is 13.3. The number of anilines is 2. The van der Waals surface area contributed by atoms with Crippen molar-refractivity contribution in [3.05, 3.63) is 47.2 Å². The van der Waals surface area contributed by atoms with Gasteiger partial charge in [0.25, 0.3) is 5.91 Å². The van der Waals surface area contributed by atoms with Crippen molar-refractivity contribution in [1.82, 2.24) is 9.88 Å². The third-order valence-corrected chi connectivity index (χ3v) is 6.51. The second kappa shape index (κ2) is 11.9. The molecule has 12 heteroatoms. The van der Waals surface area contributed by atoms with Crippen LogP contribution in [-0.2, 0) is 16.8 Å². The van der Waals surface area contributed by atoms with Crippen LogP contribution in [0.25, 0.3) is 10.8 Å². The summed E-state index contributed by atoms with van der Waals surface area (Å²) in [4.78, 5) is 40.1. The van der Waals surface area contributed by atoms with Crippen LogP contribution in [0.5, 0.6) is 11.5 Å². The van der Waals surface area contributed by atoms with E-state index in [-0.39, 0.29) is 28.4 Å². The zero-order chi connectivity index (χ0) is 31.7. The summed E-state index contributed by atoms with van der Waals surface area (Å²) in [6.07, 6.45) is -3.93. The number of rotatable bonds is 9. The molecule has 3 rings (SSSR count). The van der Waals surface area contributed by atoms with Gasteiger partial charge in [-0.05, 0) is 43.5 Å². The van der Waals surface area contributed by atoms with E-state index < -0.39 is 35.7 Å². The van der Waals surface area contributed by atoms with Crippen molar-refractivity contribution in [2.24, 2.45) is 0 Å². The van der Waals surface area contributed by atoms with E-state index in [4.69, 9.17) is 9.47 Å². The van der Waals surface area contributed by atoms with Crippen molar-refractivity contribution in [2.75, 3.05) is 38.5 Å². The summed E-state index contributed by atoms with van der Waals surface area (Å²) >= 11 is 0. The van der Waals surface area contributed by atoms with Gasteiger partial charge in [0.05, 0.1) is 25.3 Å². The van der Waals surface area contributed by atoms with E-state index in [1.165, 1.54) is 31.0 Å². The molecule has 0 atom stereocenters. The quantitative estimate of drug-likeness (QED) is 0.317. The largest absolute Gasteiger partial charge is 0.493 e. The van der Waals surface area contributed by atoms with Crippen LogP contribution in [0.2, 0.25) is 0 Å². The van der Waals surface area contributed by atoms with Crippen LogP contribution in [0.3, 0.4) is 0 Å². The van der Waals surface area contributed by atoms with Crippen LogP contribution in [0.4, 0.5) is 24.7 Å². The molecule has 0 saturated heterocycles. The number of methoxy groups -OCH3 is 1. The number of nitrogens with one attached hydrogen (secondary N) is 2. The number of hydrogen-bond donors (Lipinski definition) is 2. The van der Waals surface area contributed by atoms with Gasteiger partial charge < -0.3 is 29.6 Å². The Kier molecular flexibility index (Phi) is 9.19. The number of halogens is 3. The predicted octanol–water partition coefficient (Wildman–Crippen LogP) is 5.54.